The summed E-state index contributed by atoms with van der Waals surface area (Å²) >= 11 is 0. The first kappa shape index (κ1) is 16.8. The van der Waals surface area contributed by atoms with Crippen molar-refractivity contribution in [1.82, 2.24) is 4.98 Å². The van der Waals surface area contributed by atoms with Crippen molar-refractivity contribution in [2.45, 2.75) is 6.92 Å². The van der Waals surface area contributed by atoms with E-state index in [1.54, 1.807) is 31.5 Å². The van der Waals surface area contributed by atoms with E-state index in [4.69, 9.17) is 9.47 Å². The summed E-state index contributed by atoms with van der Waals surface area (Å²) in [6, 6.07) is 10.8. The van der Waals surface area contributed by atoms with Crippen molar-refractivity contribution in [3.05, 3.63) is 48.3 Å². The highest BCUT2D eigenvalue weighted by molar-refractivity contribution is 6.04. The fourth-order valence-corrected chi connectivity index (χ4v) is 2.00. The van der Waals surface area contributed by atoms with Crippen LogP contribution in [0, 0.1) is 0 Å². The number of para-hydroxylation sites is 2. The molecule has 0 spiro atoms. The largest absolute Gasteiger partial charge is 0.492 e. The van der Waals surface area contributed by atoms with Crippen LogP contribution in [0.4, 0.5) is 11.4 Å². The number of ether oxygens (including phenoxy) is 2. The van der Waals surface area contributed by atoms with Gasteiger partial charge in [-0.15, -0.1) is 0 Å². The van der Waals surface area contributed by atoms with Gasteiger partial charge in [0.1, 0.15) is 11.4 Å². The molecule has 6 nitrogen and oxygen atoms in total. The average molecular weight is 315 g/mol. The van der Waals surface area contributed by atoms with Gasteiger partial charge in [0.15, 0.2) is 0 Å². The molecule has 2 rings (SSSR count). The van der Waals surface area contributed by atoms with Crippen LogP contribution in [-0.4, -0.2) is 37.8 Å². The van der Waals surface area contributed by atoms with Gasteiger partial charge in [0.25, 0.3) is 5.91 Å². The molecule has 0 saturated carbocycles. The second-order valence-corrected chi connectivity index (χ2v) is 4.73. The zero-order valence-corrected chi connectivity index (χ0v) is 13.3. The Hall–Kier alpha value is -2.60. The van der Waals surface area contributed by atoms with Crippen LogP contribution in [0.25, 0.3) is 0 Å². The number of anilines is 2. The minimum absolute atomic E-state index is 0.285. The first-order valence-corrected chi connectivity index (χ1v) is 7.46. The van der Waals surface area contributed by atoms with E-state index in [0.717, 1.165) is 5.69 Å². The Balaban J connectivity index is 2.07. The van der Waals surface area contributed by atoms with Crippen molar-refractivity contribution < 1.29 is 14.3 Å². The molecule has 2 N–H and O–H groups in total. The third kappa shape index (κ3) is 4.96. The normalized spacial score (nSPS) is 10.2. The molecule has 0 fully saturated rings. The fraction of sp³-hybridized carbons (Fsp3) is 0.294. The topological polar surface area (TPSA) is 72.5 Å². The second kappa shape index (κ2) is 8.75. The number of nitrogens with zero attached hydrogens (tertiary/aromatic N) is 1. The van der Waals surface area contributed by atoms with Gasteiger partial charge in [-0.05, 0) is 31.2 Å². The van der Waals surface area contributed by atoms with Gasteiger partial charge in [0.05, 0.1) is 18.9 Å². The molecule has 0 aliphatic rings. The molecule has 0 aliphatic heterocycles. The van der Waals surface area contributed by atoms with Gasteiger partial charge < -0.3 is 20.1 Å². The molecule has 0 saturated heterocycles. The minimum atomic E-state index is -0.285. The molecule has 0 radical (unpaired) electrons. The van der Waals surface area contributed by atoms with Crippen molar-refractivity contribution in [3.8, 4) is 5.75 Å². The van der Waals surface area contributed by atoms with E-state index in [1.165, 1.54) is 0 Å². The number of nitrogens with one attached hydrogen (secondary N) is 2. The summed E-state index contributed by atoms with van der Waals surface area (Å²) in [6.07, 6.45) is 1.60. The van der Waals surface area contributed by atoms with E-state index in [-0.39, 0.29) is 5.91 Å². The highest BCUT2D eigenvalue weighted by atomic mass is 16.5. The van der Waals surface area contributed by atoms with E-state index < -0.39 is 0 Å². The number of carbonyl (C=O) groups excluding carboxylic acids is 1. The number of methoxy groups -OCH3 is 1. The Labute approximate surface area is 135 Å². The maximum atomic E-state index is 12.4. The van der Waals surface area contributed by atoms with Crippen LogP contribution in [0.2, 0.25) is 0 Å². The number of benzene rings is 1. The smallest absolute Gasteiger partial charge is 0.274 e. The number of amides is 1. The van der Waals surface area contributed by atoms with Crippen LogP contribution in [0.5, 0.6) is 5.75 Å². The number of hydrogen-bond acceptors (Lipinski definition) is 5. The average Bonchev–Trinajstić information content (AvgIpc) is 2.57. The van der Waals surface area contributed by atoms with Crippen LogP contribution in [-0.2, 0) is 4.74 Å². The molecule has 1 heterocycles. The highest BCUT2D eigenvalue weighted by Gasteiger charge is 2.11. The maximum Gasteiger partial charge on any atom is 0.274 e. The molecule has 2 aromatic rings. The summed E-state index contributed by atoms with van der Waals surface area (Å²) in [5.41, 5.74) is 1.78. The Morgan fingerprint density at radius 1 is 1.26 bits per heavy atom. The van der Waals surface area contributed by atoms with Crippen LogP contribution in [0.3, 0.4) is 0 Å². The third-order valence-corrected chi connectivity index (χ3v) is 3.06. The molecular formula is C17H21N3O3. The van der Waals surface area contributed by atoms with Crippen molar-refractivity contribution >= 4 is 17.3 Å². The molecule has 0 unspecified atom stereocenters. The van der Waals surface area contributed by atoms with Gasteiger partial charge in [-0.2, -0.15) is 0 Å². The Bertz CT molecular complexity index is 646. The van der Waals surface area contributed by atoms with Gasteiger partial charge in [0, 0.05) is 25.5 Å². The van der Waals surface area contributed by atoms with Gasteiger partial charge in [-0.1, -0.05) is 12.1 Å². The summed E-state index contributed by atoms with van der Waals surface area (Å²) in [4.78, 5) is 16.5. The van der Waals surface area contributed by atoms with Crippen LogP contribution >= 0.6 is 0 Å². The number of hydrogen-bond donors (Lipinski definition) is 2. The van der Waals surface area contributed by atoms with Crippen molar-refractivity contribution in [2.75, 3.05) is 37.5 Å². The molecule has 1 amide bonds. The zero-order valence-electron chi connectivity index (χ0n) is 13.3. The molecule has 23 heavy (non-hydrogen) atoms. The molecule has 0 bridgehead atoms. The molecule has 1 aromatic heterocycles. The van der Waals surface area contributed by atoms with E-state index in [9.17, 15) is 4.79 Å². The fourth-order valence-electron chi connectivity index (χ4n) is 2.00. The summed E-state index contributed by atoms with van der Waals surface area (Å²) in [7, 11) is 1.64. The lowest BCUT2D eigenvalue weighted by molar-refractivity contribution is 0.102. The lowest BCUT2D eigenvalue weighted by Gasteiger charge is -2.11. The monoisotopic (exact) mass is 315 g/mol. The number of carbonyl (C=O) groups is 1. The maximum absolute atomic E-state index is 12.4. The Kier molecular flexibility index (Phi) is 6.38. The quantitative estimate of drug-likeness (QED) is 0.733. The SMILES string of the molecule is CCOc1ccccc1NC(=O)c1cc(NCCOC)ccn1. The number of aromatic nitrogens is 1. The lowest BCUT2D eigenvalue weighted by atomic mass is 10.2. The molecule has 0 atom stereocenters. The Morgan fingerprint density at radius 3 is 2.87 bits per heavy atom. The van der Waals surface area contributed by atoms with Crippen LogP contribution in [0.15, 0.2) is 42.6 Å². The van der Waals surface area contributed by atoms with Crippen molar-refractivity contribution in [2.24, 2.45) is 0 Å². The molecule has 0 aliphatic carbocycles. The number of pyridine rings is 1. The number of rotatable bonds is 8. The zero-order chi connectivity index (χ0) is 16.5. The first-order chi connectivity index (χ1) is 11.2. The standard InChI is InChI=1S/C17H21N3O3/c1-3-23-16-7-5-4-6-14(16)20-17(21)15-12-13(8-9-19-15)18-10-11-22-2/h4-9,12H,3,10-11H2,1-2H3,(H,18,19)(H,20,21). The molecule has 122 valence electrons. The van der Waals surface area contributed by atoms with Crippen LogP contribution < -0.4 is 15.4 Å². The predicted molar refractivity (Wildman–Crippen MR) is 90.2 cm³/mol. The summed E-state index contributed by atoms with van der Waals surface area (Å²) in [5.74, 6) is 0.352. The van der Waals surface area contributed by atoms with Gasteiger partial charge in [0.2, 0.25) is 0 Å². The molecular weight excluding hydrogens is 294 g/mol. The predicted octanol–water partition coefficient (Wildman–Crippen LogP) is 2.79. The highest BCUT2D eigenvalue weighted by Crippen LogP contribution is 2.24. The minimum Gasteiger partial charge on any atom is -0.492 e. The third-order valence-electron chi connectivity index (χ3n) is 3.06. The Morgan fingerprint density at radius 2 is 2.09 bits per heavy atom. The van der Waals surface area contributed by atoms with E-state index in [1.807, 2.05) is 25.1 Å². The van der Waals surface area contributed by atoms with Gasteiger partial charge in [-0.3, -0.25) is 9.78 Å². The summed E-state index contributed by atoms with van der Waals surface area (Å²) in [6.45, 7) is 3.68. The van der Waals surface area contributed by atoms with Crippen molar-refractivity contribution in [3.63, 3.8) is 0 Å². The lowest BCUT2D eigenvalue weighted by Crippen LogP contribution is -2.15. The van der Waals surface area contributed by atoms with Gasteiger partial charge in [-0.25, -0.2) is 0 Å². The van der Waals surface area contributed by atoms with E-state index >= 15 is 0 Å². The second-order valence-electron chi connectivity index (χ2n) is 4.73. The van der Waals surface area contributed by atoms with Gasteiger partial charge >= 0.3 is 0 Å². The molecule has 1 aromatic carbocycles. The summed E-state index contributed by atoms with van der Waals surface area (Å²) in [5, 5.41) is 5.99. The van der Waals surface area contributed by atoms with E-state index in [0.29, 0.717) is 36.9 Å². The first-order valence-electron chi connectivity index (χ1n) is 7.46. The summed E-state index contributed by atoms with van der Waals surface area (Å²) < 4.78 is 10.5. The van der Waals surface area contributed by atoms with E-state index in [2.05, 4.69) is 15.6 Å². The molecule has 6 heteroatoms. The van der Waals surface area contributed by atoms with Crippen LogP contribution in [0.1, 0.15) is 17.4 Å². The van der Waals surface area contributed by atoms with Crippen molar-refractivity contribution in [1.29, 1.82) is 0 Å².